The van der Waals surface area contributed by atoms with Crippen molar-refractivity contribution in [3.63, 3.8) is 0 Å². The van der Waals surface area contributed by atoms with Crippen LogP contribution in [0.5, 0.6) is 0 Å². The van der Waals surface area contributed by atoms with Crippen LogP contribution in [0.3, 0.4) is 0 Å². The van der Waals surface area contributed by atoms with Gasteiger partial charge < -0.3 is 10.4 Å². The Morgan fingerprint density at radius 3 is 2.64 bits per heavy atom. The highest BCUT2D eigenvalue weighted by Crippen LogP contribution is 2.30. The molecule has 1 saturated carbocycles. The van der Waals surface area contributed by atoms with Gasteiger partial charge >= 0.3 is 0 Å². The number of rotatable bonds is 5. The maximum atomic E-state index is 9.83. The highest BCUT2D eigenvalue weighted by Gasteiger charge is 2.38. The molecule has 2 N–H and O–H groups in total. The number of hydrogen-bond donors (Lipinski definition) is 2. The minimum Gasteiger partial charge on any atom is -0.390 e. The molecule has 0 spiro atoms. The minimum atomic E-state index is -0.146. The van der Waals surface area contributed by atoms with Gasteiger partial charge in [0.25, 0.3) is 0 Å². The molecule has 1 aliphatic carbocycles. The Morgan fingerprint density at radius 2 is 2.14 bits per heavy atom. The highest BCUT2D eigenvalue weighted by atomic mass is 16.3. The van der Waals surface area contributed by atoms with E-state index in [0.29, 0.717) is 6.04 Å². The van der Waals surface area contributed by atoms with E-state index < -0.39 is 0 Å². The molecule has 0 amide bonds. The third-order valence-electron chi connectivity index (χ3n) is 3.36. The second kappa shape index (κ2) is 4.60. The summed E-state index contributed by atoms with van der Waals surface area (Å²) in [4.78, 5) is 2.54. The van der Waals surface area contributed by atoms with Crippen LogP contribution in [0.2, 0.25) is 0 Å². The van der Waals surface area contributed by atoms with E-state index >= 15 is 0 Å². The Morgan fingerprint density at radius 1 is 1.36 bits per heavy atom. The topological polar surface area (TPSA) is 35.5 Å². The molecule has 1 aliphatic heterocycles. The fraction of sp³-hybridized carbons (Fsp3) is 1.00. The molecule has 0 aromatic rings. The van der Waals surface area contributed by atoms with Crippen molar-refractivity contribution >= 4 is 0 Å². The van der Waals surface area contributed by atoms with E-state index in [9.17, 15) is 5.11 Å². The van der Waals surface area contributed by atoms with Crippen molar-refractivity contribution in [3.05, 3.63) is 0 Å². The lowest BCUT2D eigenvalue weighted by molar-refractivity contribution is 0.0767. The zero-order valence-corrected chi connectivity index (χ0v) is 9.08. The molecule has 2 fully saturated rings. The first-order valence-corrected chi connectivity index (χ1v) is 5.97. The van der Waals surface area contributed by atoms with E-state index in [1.54, 1.807) is 0 Å². The average Bonchev–Trinajstić information content (AvgIpc) is 2.92. The molecule has 82 valence electrons. The van der Waals surface area contributed by atoms with Crippen LogP contribution in [-0.2, 0) is 0 Å². The lowest BCUT2D eigenvalue weighted by atomic mass is 10.1. The Kier molecular flexibility index (Phi) is 3.42. The summed E-state index contributed by atoms with van der Waals surface area (Å²) in [6.45, 7) is 5.15. The molecule has 0 radical (unpaired) electrons. The van der Waals surface area contributed by atoms with E-state index in [0.717, 1.165) is 19.1 Å². The van der Waals surface area contributed by atoms with Crippen molar-refractivity contribution in [1.29, 1.82) is 0 Å². The molecule has 2 unspecified atom stereocenters. The molecule has 0 aromatic heterocycles. The van der Waals surface area contributed by atoms with Gasteiger partial charge in [-0.1, -0.05) is 13.3 Å². The molecular weight excluding hydrogens is 176 g/mol. The Labute approximate surface area is 86.5 Å². The number of hydrogen-bond acceptors (Lipinski definition) is 3. The van der Waals surface area contributed by atoms with Gasteiger partial charge in [-0.05, 0) is 25.8 Å². The third-order valence-corrected chi connectivity index (χ3v) is 3.36. The second-order valence-electron chi connectivity index (χ2n) is 4.62. The van der Waals surface area contributed by atoms with Crippen LogP contribution in [0, 0.1) is 0 Å². The van der Waals surface area contributed by atoms with Gasteiger partial charge in [0.15, 0.2) is 0 Å². The summed E-state index contributed by atoms with van der Waals surface area (Å²) in [5.41, 5.74) is 0. The first-order valence-electron chi connectivity index (χ1n) is 5.97. The van der Waals surface area contributed by atoms with Gasteiger partial charge in [-0.15, -0.1) is 0 Å². The largest absolute Gasteiger partial charge is 0.390 e. The number of nitrogens with one attached hydrogen (secondary N) is 1. The number of nitrogens with zero attached hydrogens (tertiary/aromatic N) is 1. The number of unbranched alkanes of at least 4 members (excludes halogenated alkanes) is 1. The minimum absolute atomic E-state index is 0.146. The van der Waals surface area contributed by atoms with Gasteiger partial charge in [-0.2, -0.15) is 0 Å². The maximum absolute atomic E-state index is 9.83. The number of aliphatic hydroxyl groups excluding tert-OH is 1. The van der Waals surface area contributed by atoms with Crippen LogP contribution in [0.1, 0.15) is 32.6 Å². The fourth-order valence-corrected chi connectivity index (χ4v) is 2.36. The van der Waals surface area contributed by atoms with Crippen LogP contribution in [0.15, 0.2) is 0 Å². The molecule has 2 rings (SSSR count). The summed E-state index contributed by atoms with van der Waals surface area (Å²) < 4.78 is 0. The van der Waals surface area contributed by atoms with Gasteiger partial charge in [-0.3, -0.25) is 4.90 Å². The molecule has 1 heterocycles. The van der Waals surface area contributed by atoms with Gasteiger partial charge in [0, 0.05) is 25.2 Å². The molecule has 2 atom stereocenters. The van der Waals surface area contributed by atoms with Gasteiger partial charge in [0.2, 0.25) is 0 Å². The standard InChI is InChI=1S/C11H22N2O/c1-2-3-6-13(9-4-5-9)10-7-12-8-11(10)14/h9-12,14H,2-8H2,1H3. The molecule has 14 heavy (non-hydrogen) atoms. The van der Waals surface area contributed by atoms with E-state index in [2.05, 4.69) is 17.1 Å². The van der Waals surface area contributed by atoms with E-state index in [-0.39, 0.29) is 6.10 Å². The summed E-state index contributed by atoms with van der Waals surface area (Å²) in [5, 5.41) is 13.1. The van der Waals surface area contributed by atoms with E-state index in [4.69, 9.17) is 0 Å². The molecule has 3 nitrogen and oxygen atoms in total. The Bertz CT molecular complexity index is 182. The molecule has 0 aromatic carbocycles. The van der Waals surface area contributed by atoms with Crippen LogP contribution < -0.4 is 5.32 Å². The average molecular weight is 198 g/mol. The predicted molar refractivity (Wildman–Crippen MR) is 57.3 cm³/mol. The van der Waals surface area contributed by atoms with Crippen molar-refractivity contribution in [1.82, 2.24) is 10.2 Å². The summed E-state index contributed by atoms with van der Waals surface area (Å²) in [7, 11) is 0. The number of aliphatic hydroxyl groups is 1. The lowest BCUT2D eigenvalue weighted by Crippen LogP contribution is -2.45. The normalized spacial score (nSPS) is 32.8. The molecule has 3 heteroatoms. The zero-order valence-electron chi connectivity index (χ0n) is 9.08. The quantitative estimate of drug-likeness (QED) is 0.678. The lowest BCUT2D eigenvalue weighted by Gasteiger charge is -2.30. The van der Waals surface area contributed by atoms with Gasteiger partial charge in [0.05, 0.1) is 6.10 Å². The SMILES string of the molecule is CCCCN(C1CC1)C1CNCC1O. The monoisotopic (exact) mass is 198 g/mol. The first kappa shape index (κ1) is 10.4. The smallest absolute Gasteiger partial charge is 0.0831 e. The molecule has 2 aliphatic rings. The van der Waals surface area contributed by atoms with Crippen molar-refractivity contribution < 1.29 is 5.11 Å². The fourth-order valence-electron chi connectivity index (χ4n) is 2.36. The number of β-amino-alcohol motifs (C(OH)–C–C–N with tert-alkyl or cyclic N) is 1. The van der Waals surface area contributed by atoms with Crippen LogP contribution in [0.25, 0.3) is 0 Å². The van der Waals surface area contributed by atoms with Gasteiger partial charge in [-0.25, -0.2) is 0 Å². The molecule has 1 saturated heterocycles. The van der Waals surface area contributed by atoms with Crippen LogP contribution in [0.4, 0.5) is 0 Å². The van der Waals surface area contributed by atoms with E-state index in [1.807, 2.05) is 0 Å². The van der Waals surface area contributed by atoms with Gasteiger partial charge in [0.1, 0.15) is 0 Å². The predicted octanol–water partition coefficient (Wildman–Crippen LogP) is 0.584. The zero-order chi connectivity index (χ0) is 9.97. The molecular formula is C11H22N2O. The summed E-state index contributed by atoms with van der Waals surface area (Å²) in [5.74, 6) is 0. The summed E-state index contributed by atoms with van der Waals surface area (Å²) in [6, 6.07) is 1.16. The first-order chi connectivity index (χ1) is 6.83. The summed E-state index contributed by atoms with van der Waals surface area (Å²) in [6.07, 6.45) is 5.05. The Hall–Kier alpha value is -0.120. The highest BCUT2D eigenvalue weighted by molar-refractivity contribution is 4.95. The third kappa shape index (κ3) is 2.27. The Balaban J connectivity index is 1.88. The van der Waals surface area contributed by atoms with Crippen molar-refractivity contribution in [2.75, 3.05) is 19.6 Å². The van der Waals surface area contributed by atoms with Crippen molar-refractivity contribution in [2.45, 2.75) is 50.8 Å². The molecule has 0 bridgehead atoms. The summed E-state index contributed by atoms with van der Waals surface area (Å²) >= 11 is 0. The van der Waals surface area contributed by atoms with Crippen LogP contribution >= 0.6 is 0 Å². The maximum Gasteiger partial charge on any atom is 0.0831 e. The van der Waals surface area contributed by atoms with Crippen molar-refractivity contribution in [3.8, 4) is 0 Å². The second-order valence-corrected chi connectivity index (χ2v) is 4.62. The van der Waals surface area contributed by atoms with E-state index in [1.165, 1.54) is 32.2 Å². The van der Waals surface area contributed by atoms with Crippen molar-refractivity contribution in [2.24, 2.45) is 0 Å². The van der Waals surface area contributed by atoms with Crippen LogP contribution in [-0.4, -0.2) is 47.8 Å².